The number of phenolic OH excluding ortho intramolecular Hbond substituents is 1. The van der Waals surface area contributed by atoms with Gasteiger partial charge in [0.2, 0.25) is 0 Å². The Kier molecular flexibility index (Phi) is 12.9. The summed E-state index contributed by atoms with van der Waals surface area (Å²) >= 11 is 0. The number of aromatic hydroxyl groups is 1. The van der Waals surface area contributed by atoms with Crippen LogP contribution in [-0.4, -0.2) is 39.2 Å². The molecule has 0 aliphatic carbocycles. The summed E-state index contributed by atoms with van der Waals surface area (Å²) in [6, 6.07) is 4.73. The highest BCUT2D eigenvalue weighted by atomic mass is 16.5. The Morgan fingerprint density at radius 1 is 0.840 bits per heavy atom. The molecule has 0 spiro atoms. The van der Waals surface area contributed by atoms with Gasteiger partial charge in [-0.15, -0.1) is 0 Å². The van der Waals surface area contributed by atoms with E-state index in [0.717, 1.165) is 19.4 Å². The number of ether oxygens (including phenoxy) is 2. The molecule has 0 fully saturated rings. The van der Waals surface area contributed by atoms with Crippen LogP contribution in [0.5, 0.6) is 5.75 Å². The Labute approximate surface area is 144 Å². The molecule has 9 heteroatoms. The van der Waals surface area contributed by atoms with Gasteiger partial charge in [0.05, 0.1) is 0 Å². The molecule has 0 radical (unpaired) electrons. The molecule has 0 amide bonds. The van der Waals surface area contributed by atoms with Gasteiger partial charge in [-0.3, -0.25) is 19.2 Å². The molecule has 3 N–H and O–H groups in total. The van der Waals surface area contributed by atoms with Gasteiger partial charge in [0, 0.05) is 33.3 Å². The first kappa shape index (κ1) is 24.2. The van der Waals surface area contributed by atoms with Crippen molar-refractivity contribution in [3.8, 4) is 5.75 Å². The maximum Gasteiger partial charge on any atom is 0.302 e. The minimum atomic E-state index is -0.833. The Hall–Kier alpha value is -3.10. The first-order valence-corrected chi connectivity index (χ1v) is 6.92. The van der Waals surface area contributed by atoms with Gasteiger partial charge >= 0.3 is 11.9 Å². The third-order valence-electron chi connectivity index (χ3n) is 2.02. The van der Waals surface area contributed by atoms with Gasteiger partial charge in [-0.1, -0.05) is 6.07 Å². The zero-order chi connectivity index (χ0) is 20.0. The number of carbonyl (C=O) groups is 4. The lowest BCUT2D eigenvalue weighted by Crippen LogP contribution is -2.02. The second-order valence-corrected chi connectivity index (χ2v) is 4.56. The fourth-order valence-corrected chi connectivity index (χ4v) is 1.21. The number of carbonyl (C=O) groups excluding carboxylic acids is 2. The molecular formula is C16H22O9. The van der Waals surface area contributed by atoms with E-state index in [2.05, 4.69) is 0 Å². The van der Waals surface area contributed by atoms with Crippen LogP contribution in [0.1, 0.15) is 38.8 Å². The Balaban J connectivity index is 0. The number of esters is 2. The molecule has 9 nitrogen and oxygen atoms in total. The number of carboxylic acid groups (broad SMARTS) is 2. The molecular weight excluding hydrogens is 336 g/mol. The predicted octanol–water partition coefficient (Wildman–Crippen LogP) is 1.70. The van der Waals surface area contributed by atoms with Crippen molar-refractivity contribution in [1.29, 1.82) is 0 Å². The lowest BCUT2D eigenvalue weighted by molar-refractivity contribution is -0.143. The summed E-state index contributed by atoms with van der Waals surface area (Å²) in [5, 5.41) is 24.4. The molecule has 0 saturated heterocycles. The molecule has 140 valence electrons. The first-order valence-electron chi connectivity index (χ1n) is 6.92. The Morgan fingerprint density at radius 2 is 1.24 bits per heavy atom. The van der Waals surface area contributed by atoms with Crippen molar-refractivity contribution >= 4 is 23.9 Å². The Bertz CT molecular complexity index is 573. The first-order chi connectivity index (χ1) is 11.5. The van der Waals surface area contributed by atoms with Gasteiger partial charge < -0.3 is 24.8 Å². The molecule has 0 aliphatic rings. The predicted molar refractivity (Wildman–Crippen MR) is 85.7 cm³/mol. The molecule has 0 bridgehead atoms. The second-order valence-electron chi connectivity index (χ2n) is 4.56. The van der Waals surface area contributed by atoms with Gasteiger partial charge in [-0.25, -0.2) is 0 Å². The van der Waals surface area contributed by atoms with Crippen LogP contribution in [0.2, 0.25) is 0 Å². The fourth-order valence-electron chi connectivity index (χ4n) is 1.21. The lowest BCUT2D eigenvalue weighted by Gasteiger charge is -2.08. The van der Waals surface area contributed by atoms with Crippen LogP contribution < -0.4 is 0 Å². The van der Waals surface area contributed by atoms with Crippen LogP contribution >= 0.6 is 0 Å². The monoisotopic (exact) mass is 358 g/mol. The zero-order valence-electron chi connectivity index (χ0n) is 14.4. The zero-order valence-corrected chi connectivity index (χ0v) is 14.4. The smallest absolute Gasteiger partial charge is 0.302 e. The Morgan fingerprint density at radius 3 is 1.64 bits per heavy atom. The van der Waals surface area contributed by atoms with E-state index < -0.39 is 17.9 Å². The summed E-state index contributed by atoms with van der Waals surface area (Å²) in [6.07, 6.45) is 0. The summed E-state index contributed by atoms with van der Waals surface area (Å²) in [5.74, 6) is -2.42. The average Bonchev–Trinajstić information content (AvgIpc) is 2.43. The highest BCUT2D eigenvalue weighted by molar-refractivity contribution is 5.66. The van der Waals surface area contributed by atoms with E-state index in [0.29, 0.717) is 5.56 Å². The lowest BCUT2D eigenvalue weighted by atomic mass is 10.1. The van der Waals surface area contributed by atoms with Crippen LogP contribution in [0.25, 0.3) is 0 Å². The van der Waals surface area contributed by atoms with E-state index in [-0.39, 0.29) is 24.9 Å². The molecule has 0 heterocycles. The normalized spacial score (nSPS) is 8.64. The van der Waals surface area contributed by atoms with Crippen molar-refractivity contribution in [2.24, 2.45) is 0 Å². The standard InChI is InChI=1S/C12H14O5.2C2H4O2/c1-8(13)16-6-10-3-4-12(15)11(5-10)7-17-9(2)14;2*1-2(3)4/h3-5,15H,6-7H2,1-2H3;2*1H3,(H,3,4). The highest BCUT2D eigenvalue weighted by Crippen LogP contribution is 2.20. The van der Waals surface area contributed by atoms with Crippen LogP contribution in [0.4, 0.5) is 0 Å². The fraction of sp³-hybridized carbons (Fsp3) is 0.375. The molecule has 0 saturated carbocycles. The van der Waals surface area contributed by atoms with E-state index in [4.69, 9.17) is 29.3 Å². The molecule has 0 atom stereocenters. The SMILES string of the molecule is CC(=O)O.CC(=O)O.CC(=O)OCc1ccc(O)c(COC(C)=O)c1. The maximum absolute atomic E-state index is 10.7. The average molecular weight is 358 g/mol. The van der Waals surface area contributed by atoms with Crippen LogP contribution in [0, 0.1) is 0 Å². The van der Waals surface area contributed by atoms with Crippen molar-refractivity contribution in [3.63, 3.8) is 0 Å². The van der Waals surface area contributed by atoms with Crippen molar-refractivity contribution in [2.45, 2.75) is 40.9 Å². The van der Waals surface area contributed by atoms with Gasteiger partial charge in [0.1, 0.15) is 19.0 Å². The van der Waals surface area contributed by atoms with Crippen LogP contribution in [0.15, 0.2) is 18.2 Å². The van der Waals surface area contributed by atoms with Gasteiger partial charge in [-0.05, 0) is 17.7 Å². The number of hydrogen-bond acceptors (Lipinski definition) is 7. The summed E-state index contributed by atoms with van der Waals surface area (Å²) in [7, 11) is 0. The third-order valence-corrected chi connectivity index (χ3v) is 2.02. The van der Waals surface area contributed by atoms with Gasteiger partial charge in [0.25, 0.3) is 11.9 Å². The van der Waals surface area contributed by atoms with E-state index in [9.17, 15) is 14.7 Å². The van der Waals surface area contributed by atoms with Crippen LogP contribution in [-0.2, 0) is 41.9 Å². The summed E-state index contributed by atoms with van der Waals surface area (Å²) in [6.45, 7) is 4.90. The highest BCUT2D eigenvalue weighted by Gasteiger charge is 2.05. The second kappa shape index (κ2) is 13.3. The van der Waals surface area contributed by atoms with Crippen molar-refractivity contribution in [1.82, 2.24) is 0 Å². The summed E-state index contributed by atoms with van der Waals surface area (Å²) in [4.78, 5) is 39.3. The maximum atomic E-state index is 10.7. The van der Waals surface area contributed by atoms with Gasteiger partial charge in [0.15, 0.2) is 0 Å². The molecule has 1 aromatic carbocycles. The summed E-state index contributed by atoms with van der Waals surface area (Å²) in [5.41, 5.74) is 1.20. The van der Waals surface area contributed by atoms with Crippen molar-refractivity contribution < 1.29 is 44.0 Å². The van der Waals surface area contributed by atoms with E-state index in [1.54, 1.807) is 12.1 Å². The van der Waals surface area contributed by atoms with Crippen LogP contribution in [0.3, 0.4) is 0 Å². The van der Waals surface area contributed by atoms with Crippen molar-refractivity contribution in [3.05, 3.63) is 29.3 Å². The number of phenols is 1. The van der Waals surface area contributed by atoms with E-state index in [1.807, 2.05) is 0 Å². The minimum absolute atomic E-state index is 0.00488. The number of aliphatic carboxylic acids is 2. The molecule has 0 unspecified atom stereocenters. The number of hydrogen-bond donors (Lipinski definition) is 3. The molecule has 1 aromatic rings. The quantitative estimate of drug-likeness (QED) is 0.684. The van der Waals surface area contributed by atoms with E-state index >= 15 is 0 Å². The van der Waals surface area contributed by atoms with Gasteiger partial charge in [-0.2, -0.15) is 0 Å². The molecule has 25 heavy (non-hydrogen) atoms. The van der Waals surface area contributed by atoms with Crippen molar-refractivity contribution in [2.75, 3.05) is 0 Å². The number of benzene rings is 1. The number of rotatable bonds is 4. The van der Waals surface area contributed by atoms with E-state index in [1.165, 1.54) is 19.9 Å². The summed E-state index contributed by atoms with van der Waals surface area (Å²) < 4.78 is 9.60. The largest absolute Gasteiger partial charge is 0.508 e. The number of carboxylic acids is 2. The molecule has 0 aromatic heterocycles. The minimum Gasteiger partial charge on any atom is -0.508 e. The third kappa shape index (κ3) is 18.9. The molecule has 0 aliphatic heterocycles. The topological polar surface area (TPSA) is 147 Å². The molecule has 1 rings (SSSR count).